The lowest BCUT2D eigenvalue weighted by Gasteiger charge is -2.54. The van der Waals surface area contributed by atoms with Gasteiger partial charge in [0.05, 0.1) is 10.9 Å². The molecule has 0 aromatic heterocycles. The van der Waals surface area contributed by atoms with Gasteiger partial charge in [0.25, 0.3) is 0 Å². The molecule has 0 spiro atoms. The molecule has 2 unspecified atom stereocenters. The van der Waals surface area contributed by atoms with Crippen molar-refractivity contribution in [2.75, 3.05) is 0 Å². The number of carbonyl (C=O) groups is 2. The summed E-state index contributed by atoms with van der Waals surface area (Å²) >= 11 is 0. The molecule has 3 aromatic rings. The van der Waals surface area contributed by atoms with Crippen LogP contribution in [-0.2, 0) is 46.2 Å². The first-order valence-electron chi connectivity index (χ1n) is 16.3. The molecule has 10 heteroatoms. The molecular formula is C38H44F2O6S2. The number of ether oxygens (including phenoxy) is 1. The van der Waals surface area contributed by atoms with Crippen molar-refractivity contribution in [2.45, 2.75) is 110 Å². The zero-order valence-electron chi connectivity index (χ0n) is 28.3. The van der Waals surface area contributed by atoms with Crippen LogP contribution in [0, 0.1) is 17.8 Å². The molecule has 6 nitrogen and oxygen atoms in total. The van der Waals surface area contributed by atoms with Gasteiger partial charge in [0.1, 0.15) is 11.4 Å². The molecule has 7 rings (SSSR count). The third-order valence-corrected chi connectivity index (χ3v) is 12.7. The predicted molar refractivity (Wildman–Crippen MR) is 181 cm³/mol. The summed E-state index contributed by atoms with van der Waals surface area (Å²) in [4.78, 5) is 27.5. The summed E-state index contributed by atoms with van der Waals surface area (Å²) in [6.45, 7) is 13.6. The van der Waals surface area contributed by atoms with Crippen LogP contribution in [-0.4, -0.2) is 35.6 Å². The first kappa shape index (κ1) is 36.2. The number of ketones is 1. The number of halogens is 2. The highest BCUT2D eigenvalue weighted by molar-refractivity contribution is 7.97. The average molecular weight is 699 g/mol. The molecule has 258 valence electrons. The molecule has 4 aliphatic carbocycles. The minimum atomic E-state index is -6.12. The fourth-order valence-corrected chi connectivity index (χ4v) is 9.61. The third-order valence-electron chi connectivity index (χ3n) is 9.69. The second-order valence-corrected chi connectivity index (χ2v) is 18.9. The first-order chi connectivity index (χ1) is 22.2. The molecule has 0 heterocycles. The van der Waals surface area contributed by atoms with Gasteiger partial charge < -0.3 is 9.29 Å². The molecule has 48 heavy (non-hydrogen) atoms. The largest absolute Gasteiger partial charge is 0.743 e. The number of hydrogen-bond acceptors (Lipinski definition) is 6. The van der Waals surface area contributed by atoms with Crippen molar-refractivity contribution in [1.82, 2.24) is 0 Å². The highest BCUT2D eigenvalue weighted by Crippen LogP contribution is 2.56. The molecule has 4 saturated carbocycles. The van der Waals surface area contributed by atoms with Crippen LogP contribution in [0.1, 0.15) is 84.8 Å². The van der Waals surface area contributed by atoms with E-state index in [1.165, 1.54) is 25.8 Å². The summed E-state index contributed by atoms with van der Waals surface area (Å²) in [5.74, 6) is -2.78. The van der Waals surface area contributed by atoms with Gasteiger partial charge in [0.15, 0.2) is 24.8 Å². The topological polar surface area (TPSA) is 101 Å². The molecule has 0 aliphatic heterocycles. The molecule has 0 saturated heterocycles. The van der Waals surface area contributed by atoms with Crippen LogP contribution < -0.4 is 0 Å². The number of Topliss-reactive ketones (excluding diaryl/α,β-unsaturated/α-hetero) is 1. The Morgan fingerprint density at radius 1 is 0.750 bits per heavy atom. The second kappa shape index (κ2) is 13.0. The Bertz CT molecular complexity index is 1670. The smallest absolute Gasteiger partial charge is 0.428 e. The quantitative estimate of drug-likeness (QED) is 0.146. The van der Waals surface area contributed by atoms with Crippen molar-refractivity contribution < 1.29 is 36.1 Å². The zero-order chi connectivity index (χ0) is 35.3. The Labute approximate surface area is 285 Å². The lowest BCUT2D eigenvalue weighted by atomic mass is 9.53. The van der Waals surface area contributed by atoms with E-state index in [0.29, 0.717) is 19.3 Å². The minimum absolute atomic E-state index is 0.0702. The SMILES string of the molecule is CC(C)(C)c1ccc([S+](c2ccccc2)c2ccc(C(C)(C)C)cc2)cc1.O=C1C2CC3CC1CC(OC(=O)C(F)(F)S(=O)(=O)[O-])(C3)C2. The molecule has 0 amide bonds. The highest BCUT2D eigenvalue weighted by atomic mass is 32.2. The van der Waals surface area contributed by atoms with E-state index in [1.54, 1.807) is 0 Å². The molecule has 0 N–H and O–H groups in total. The van der Waals surface area contributed by atoms with Crippen molar-refractivity contribution in [3.8, 4) is 0 Å². The average Bonchev–Trinajstić information content (AvgIpc) is 2.99. The van der Waals surface area contributed by atoms with E-state index < -0.39 is 26.9 Å². The Hall–Kier alpha value is -3.08. The van der Waals surface area contributed by atoms with Crippen molar-refractivity contribution in [3.05, 3.63) is 90.0 Å². The summed E-state index contributed by atoms with van der Waals surface area (Å²) in [5.41, 5.74) is 1.89. The fraction of sp³-hybridized carbons (Fsp3) is 0.474. The number of rotatable bonds is 6. The molecule has 4 fully saturated rings. The number of esters is 1. The lowest BCUT2D eigenvalue weighted by Crippen LogP contribution is -2.58. The molecule has 2 atom stereocenters. The van der Waals surface area contributed by atoms with E-state index in [0.717, 1.165) is 0 Å². The van der Waals surface area contributed by atoms with Crippen LogP contribution in [0.25, 0.3) is 0 Å². The zero-order valence-corrected chi connectivity index (χ0v) is 29.9. The van der Waals surface area contributed by atoms with Gasteiger partial charge in [-0.15, -0.1) is 0 Å². The monoisotopic (exact) mass is 698 g/mol. The van der Waals surface area contributed by atoms with E-state index in [2.05, 4.69) is 120 Å². The fourth-order valence-electron chi connectivity index (χ4n) is 7.31. The third kappa shape index (κ3) is 7.55. The summed E-state index contributed by atoms with van der Waals surface area (Å²) < 4.78 is 62.7. The highest BCUT2D eigenvalue weighted by Gasteiger charge is 2.60. The maximum atomic E-state index is 13.2. The summed E-state index contributed by atoms with van der Waals surface area (Å²) in [7, 11) is -6.21. The van der Waals surface area contributed by atoms with Gasteiger partial charge in [-0.05, 0) is 96.4 Å². The summed E-state index contributed by atoms with van der Waals surface area (Å²) in [6.07, 6.45) is 1.93. The summed E-state index contributed by atoms with van der Waals surface area (Å²) in [5, 5.41) is -5.10. The van der Waals surface area contributed by atoms with Gasteiger partial charge in [-0.3, -0.25) is 4.79 Å². The van der Waals surface area contributed by atoms with Gasteiger partial charge in [-0.25, -0.2) is 13.2 Å². The minimum Gasteiger partial charge on any atom is -0.743 e. The Morgan fingerprint density at radius 3 is 1.56 bits per heavy atom. The molecule has 3 aromatic carbocycles. The van der Waals surface area contributed by atoms with E-state index in [9.17, 15) is 31.3 Å². The predicted octanol–water partition coefficient (Wildman–Crippen LogP) is 8.19. The van der Waals surface area contributed by atoms with Gasteiger partial charge in [-0.1, -0.05) is 84.0 Å². The van der Waals surface area contributed by atoms with Gasteiger partial charge in [-0.2, -0.15) is 8.78 Å². The van der Waals surface area contributed by atoms with Crippen LogP contribution >= 0.6 is 0 Å². The van der Waals surface area contributed by atoms with Crippen LogP contribution in [0.15, 0.2) is 93.5 Å². The number of carbonyl (C=O) groups excluding carboxylic acids is 2. The van der Waals surface area contributed by atoms with E-state index >= 15 is 0 Å². The molecule has 0 radical (unpaired) electrons. The Morgan fingerprint density at radius 2 is 1.17 bits per heavy atom. The van der Waals surface area contributed by atoms with E-state index in [1.807, 2.05) is 0 Å². The molecular weight excluding hydrogens is 655 g/mol. The Balaban J connectivity index is 0.000000194. The van der Waals surface area contributed by atoms with Crippen molar-refractivity contribution in [1.29, 1.82) is 0 Å². The van der Waals surface area contributed by atoms with Crippen LogP contribution in [0.4, 0.5) is 8.78 Å². The van der Waals surface area contributed by atoms with Crippen molar-refractivity contribution in [2.24, 2.45) is 17.8 Å². The molecule has 4 bridgehead atoms. The van der Waals surface area contributed by atoms with Crippen LogP contribution in [0.5, 0.6) is 0 Å². The van der Waals surface area contributed by atoms with Crippen LogP contribution in [0.3, 0.4) is 0 Å². The van der Waals surface area contributed by atoms with E-state index in [4.69, 9.17) is 4.74 Å². The summed E-state index contributed by atoms with van der Waals surface area (Å²) in [6, 6.07) is 29.3. The Kier molecular flexibility index (Phi) is 9.80. The van der Waals surface area contributed by atoms with Gasteiger partial charge in [0, 0.05) is 11.8 Å². The first-order valence-corrected chi connectivity index (χ1v) is 18.9. The van der Waals surface area contributed by atoms with Crippen molar-refractivity contribution in [3.63, 3.8) is 0 Å². The maximum Gasteiger partial charge on any atom is 0.428 e. The van der Waals surface area contributed by atoms with E-state index in [-0.39, 0.29) is 58.1 Å². The lowest BCUT2D eigenvalue weighted by molar-refractivity contribution is -0.201. The molecule has 4 aliphatic rings. The number of alkyl halides is 2. The van der Waals surface area contributed by atoms with Crippen molar-refractivity contribution >= 4 is 32.8 Å². The van der Waals surface area contributed by atoms with Gasteiger partial charge >= 0.3 is 11.2 Å². The maximum absolute atomic E-state index is 13.2. The number of hydrogen-bond donors (Lipinski definition) is 0. The normalized spacial score (nSPS) is 23.9. The standard InChI is InChI=1S/C26H31S.C12H14F2O6S/c1-25(2,3)20-12-16-23(17-13-20)27(22-10-8-7-9-11-22)24-18-14-21(15-19-24)26(4,5)6;13-12(14,21(17,18)19)10(16)20-11-3-6-1-7(4-11)9(15)8(2-6)5-11/h7-19H,1-6H3;6-8H,1-5H2,(H,17,18,19)/q+1;/p-1. The van der Waals surface area contributed by atoms with Crippen LogP contribution in [0.2, 0.25) is 0 Å². The number of benzene rings is 3. The second-order valence-electron chi connectivity index (χ2n) is 15.5. The van der Waals surface area contributed by atoms with Gasteiger partial charge in [0.2, 0.25) is 0 Å².